The van der Waals surface area contributed by atoms with Gasteiger partial charge in [-0.25, -0.2) is 0 Å². The van der Waals surface area contributed by atoms with E-state index in [0.29, 0.717) is 12.5 Å². The highest BCUT2D eigenvalue weighted by atomic mass is 16.3. The van der Waals surface area contributed by atoms with Crippen molar-refractivity contribution < 1.29 is 5.11 Å². The lowest BCUT2D eigenvalue weighted by Crippen LogP contribution is -2.32. The van der Waals surface area contributed by atoms with Crippen molar-refractivity contribution in [3.05, 3.63) is 47.3 Å². The molecular formula is C21H31N3O. The van der Waals surface area contributed by atoms with Crippen LogP contribution in [0.15, 0.2) is 41.2 Å². The number of nitrogens with one attached hydrogen (secondary N) is 1. The van der Waals surface area contributed by atoms with Gasteiger partial charge < -0.3 is 15.3 Å². The quantitative estimate of drug-likeness (QED) is 0.802. The predicted octanol–water partition coefficient (Wildman–Crippen LogP) is 2.94. The van der Waals surface area contributed by atoms with E-state index in [-0.39, 0.29) is 6.61 Å². The van der Waals surface area contributed by atoms with Gasteiger partial charge >= 0.3 is 0 Å². The highest BCUT2D eigenvalue weighted by Crippen LogP contribution is 2.28. The first kappa shape index (κ1) is 18.2. The van der Waals surface area contributed by atoms with Crippen LogP contribution in [0.25, 0.3) is 0 Å². The third-order valence-electron chi connectivity index (χ3n) is 5.46. The number of likely N-dealkylation sites (tertiary alicyclic amines) is 1. The summed E-state index contributed by atoms with van der Waals surface area (Å²) < 4.78 is 0. The Kier molecular flexibility index (Phi) is 6.65. The highest BCUT2D eigenvalue weighted by Gasteiger charge is 2.19. The first-order chi connectivity index (χ1) is 12.3. The molecule has 0 aliphatic carbocycles. The second-order valence-corrected chi connectivity index (χ2v) is 7.22. The topological polar surface area (TPSA) is 47.9 Å². The summed E-state index contributed by atoms with van der Waals surface area (Å²) in [5.74, 6) is 1.16. The fourth-order valence-corrected chi connectivity index (χ4v) is 3.91. The highest BCUT2D eigenvalue weighted by molar-refractivity contribution is 5.64. The van der Waals surface area contributed by atoms with Gasteiger partial charge in [0.05, 0.1) is 6.61 Å². The van der Waals surface area contributed by atoms with Crippen LogP contribution in [0.4, 0.5) is 0 Å². The maximum Gasteiger partial charge on any atom is 0.0604 e. The summed E-state index contributed by atoms with van der Waals surface area (Å²) in [4.78, 5) is 6.90. The van der Waals surface area contributed by atoms with Crippen LogP contribution in [-0.4, -0.2) is 49.0 Å². The molecule has 0 aromatic heterocycles. The molecule has 0 spiro atoms. The number of allylic oxidation sites excluding steroid dienone is 1. The third kappa shape index (κ3) is 5.16. The molecule has 0 radical (unpaired) electrons. The van der Waals surface area contributed by atoms with E-state index in [9.17, 15) is 0 Å². The van der Waals surface area contributed by atoms with Gasteiger partial charge in [0.2, 0.25) is 0 Å². The molecule has 1 aromatic rings. The van der Waals surface area contributed by atoms with Gasteiger partial charge in [-0.1, -0.05) is 31.2 Å². The monoisotopic (exact) mass is 341 g/mol. The number of rotatable bonds is 7. The molecule has 4 heteroatoms. The van der Waals surface area contributed by atoms with Crippen LogP contribution in [-0.2, 0) is 6.42 Å². The van der Waals surface area contributed by atoms with Crippen molar-refractivity contribution in [3.8, 4) is 0 Å². The van der Waals surface area contributed by atoms with Crippen molar-refractivity contribution >= 4 is 6.21 Å². The predicted molar refractivity (Wildman–Crippen MR) is 104 cm³/mol. The van der Waals surface area contributed by atoms with Gasteiger partial charge in [-0.05, 0) is 62.4 Å². The lowest BCUT2D eigenvalue weighted by atomic mass is 9.88. The number of nitrogens with zero attached hydrogens (tertiary/aromatic N) is 2. The van der Waals surface area contributed by atoms with Crippen molar-refractivity contribution in [2.45, 2.75) is 38.5 Å². The zero-order chi connectivity index (χ0) is 17.5. The normalized spacial score (nSPS) is 22.0. The number of benzene rings is 1. The van der Waals surface area contributed by atoms with E-state index in [1.807, 2.05) is 6.20 Å². The van der Waals surface area contributed by atoms with E-state index in [1.54, 1.807) is 0 Å². The fourth-order valence-electron chi connectivity index (χ4n) is 3.91. The SMILES string of the molecule is CCN1CCC(c2ccc(CC3C=NC=C(NCCO)C3)cc2)CC1. The average molecular weight is 341 g/mol. The molecule has 2 heterocycles. The fraction of sp³-hybridized carbons (Fsp3) is 0.571. The molecule has 1 atom stereocenters. The minimum absolute atomic E-state index is 0.157. The maximum absolute atomic E-state index is 8.93. The summed E-state index contributed by atoms with van der Waals surface area (Å²) in [7, 11) is 0. The standard InChI is InChI=1S/C21H31N3O/c1-2-24-10-7-20(8-11-24)19-5-3-17(4-6-19)13-18-14-21(16-22-15-18)23-9-12-25/h3-6,15-16,18,20,23,25H,2,7-14H2,1H3. The molecule has 2 aliphatic rings. The van der Waals surface area contributed by atoms with Crippen LogP contribution in [0.5, 0.6) is 0 Å². The minimum atomic E-state index is 0.157. The molecule has 25 heavy (non-hydrogen) atoms. The Morgan fingerprint density at radius 3 is 2.64 bits per heavy atom. The van der Waals surface area contributed by atoms with Gasteiger partial charge in [0.1, 0.15) is 0 Å². The molecule has 0 bridgehead atoms. The van der Waals surface area contributed by atoms with Gasteiger partial charge in [-0.15, -0.1) is 0 Å². The van der Waals surface area contributed by atoms with Crippen LogP contribution in [0.2, 0.25) is 0 Å². The minimum Gasteiger partial charge on any atom is -0.395 e. The van der Waals surface area contributed by atoms with Crippen molar-refractivity contribution in [2.75, 3.05) is 32.8 Å². The molecule has 1 unspecified atom stereocenters. The molecule has 2 aliphatic heterocycles. The van der Waals surface area contributed by atoms with Crippen LogP contribution in [0.1, 0.15) is 43.2 Å². The summed E-state index contributed by atoms with van der Waals surface area (Å²) in [6.07, 6.45) is 8.49. The average Bonchev–Trinajstić information content (AvgIpc) is 2.67. The van der Waals surface area contributed by atoms with Crippen molar-refractivity contribution in [1.82, 2.24) is 10.2 Å². The number of aliphatic hydroxyl groups excluding tert-OH is 1. The largest absolute Gasteiger partial charge is 0.395 e. The van der Waals surface area contributed by atoms with E-state index in [0.717, 1.165) is 24.5 Å². The Labute approximate surface area is 151 Å². The van der Waals surface area contributed by atoms with Crippen LogP contribution < -0.4 is 5.32 Å². The first-order valence-corrected chi connectivity index (χ1v) is 9.66. The number of aliphatic imine (C=N–C) groups is 1. The van der Waals surface area contributed by atoms with Gasteiger partial charge in [0.25, 0.3) is 0 Å². The summed E-state index contributed by atoms with van der Waals surface area (Å²) >= 11 is 0. The van der Waals surface area contributed by atoms with Gasteiger partial charge in [-0.2, -0.15) is 0 Å². The number of piperidine rings is 1. The first-order valence-electron chi connectivity index (χ1n) is 9.66. The molecule has 1 aromatic carbocycles. The van der Waals surface area contributed by atoms with Crippen LogP contribution >= 0.6 is 0 Å². The lowest BCUT2D eigenvalue weighted by molar-refractivity contribution is 0.222. The van der Waals surface area contributed by atoms with E-state index >= 15 is 0 Å². The van der Waals surface area contributed by atoms with E-state index < -0.39 is 0 Å². The van der Waals surface area contributed by atoms with Gasteiger partial charge in [-0.3, -0.25) is 4.99 Å². The van der Waals surface area contributed by atoms with E-state index in [4.69, 9.17) is 5.11 Å². The molecule has 2 N–H and O–H groups in total. The van der Waals surface area contributed by atoms with Crippen LogP contribution in [0.3, 0.4) is 0 Å². The molecule has 4 nitrogen and oxygen atoms in total. The Hall–Kier alpha value is -1.65. The summed E-state index contributed by atoms with van der Waals surface area (Å²) in [6, 6.07) is 9.27. The number of hydrogen-bond acceptors (Lipinski definition) is 4. The zero-order valence-electron chi connectivity index (χ0n) is 15.3. The van der Waals surface area contributed by atoms with Gasteiger partial charge in [0.15, 0.2) is 0 Å². The number of aliphatic hydroxyl groups is 1. The zero-order valence-corrected chi connectivity index (χ0v) is 15.3. The van der Waals surface area contributed by atoms with Crippen LogP contribution in [0, 0.1) is 5.92 Å². The Bertz CT molecular complexity index is 586. The molecule has 1 saturated heterocycles. The summed E-state index contributed by atoms with van der Waals surface area (Å²) in [5.41, 5.74) is 4.01. The molecule has 136 valence electrons. The van der Waals surface area contributed by atoms with Crippen molar-refractivity contribution in [2.24, 2.45) is 10.9 Å². The van der Waals surface area contributed by atoms with E-state index in [2.05, 4.69) is 52.6 Å². The van der Waals surface area contributed by atoms with Gasteiger partial charge in [0, 0.05) is 30.6 Å². The number of hydrogen-bond donors (Lipinski definition) is 2. The summed E-state index contributed by atoms with van der Waals surface area (Å²) in [5, 5.41) is 12.2. The second-order valence-electron chi connectivity index (χ2n) is 7.22. The molecule has 3 rings (SSSR count). The summed E-state index contributed by atoms with van der Waals surface area (Å²) in [6.45, 7) is 6.65. The van der Waals surface area contributed by atoms with Crippen molar-refractivity contribution in [3.63, 3.8) is 0 Å². The van der Waals surface area contributed by atoms with E-state index in [1.165, 1.54) is 43.6 Å². The Morgan fingerprint density at radius 1 is 1.20 bits per heavy atom. The second kappa shape index (κ2) is 9.16. The maximum atomic E-state index is 8.93. The molecular weight excluding hydrogens is 310 g/mol. The Balaban J connectivity index is 1.51. The Morgan fingerprint density at radius 2 is 1.96 bits per heavy atom. The molecule has 0 saturated carbocycles. The molecule has 1 fully saturated rings. The third-order valence-corrected chi connectivity index (χ3v) is 5.46. The van der Waals surface area contributed by atoms with Crippen molar-refractivity contribution in [1.29, 1.82) is 0 Å². The lowest BCUT2D eigenvalue weighted by Gasteiger charge is -2.31. The smallest absolute Gasteiger partial charge is 0.0604 e. The molecule has 0 amide bonds.